The summed E-state index contributed by atoms with van der Waals surface area (Å²) in [5.74, 6) is 1.01. The van der Waals surface area contributed by atoms with Crippen molar-refractivity contribution in [2.45, 2.75) is 26.2 Å². The largest absolute Gasteiger partial charge is 0.496 e. The number of amides is 1. The number of hydrogen-bond acceptors (Lipinski definition) is 2. The third kappa shape index (κ3) is 4.46. The van der Waals surface area contributed by atoms with Gasteiger partial charge in [-0.1, -0.05) is 50.2 Å². The first kappa shape index (κ1) is 16.8. The van der Waals surface area contributed by atoms with Crippen LogP contribution in [0.15, 0.2) is 54.6 Å². The summed E-state index contributed by atoms with van der Waals surface area (Å²) >= 11 is 0. The molecule has 0 aliphatic carbocycles. The fourth-order valence-electron chi connectivity index (χ4n) is 2.40. The van der Waals surface area contributed by atoms with Gasteiger partial charge in [-0.25, -0.2) is 0 Å². The van der Waals surface area contributed by atoms with Gasteiger partial charge in [-0.05, 0) is 36.1 Å². The minimum absolute atomic E-state index is 0.147. The zero-order chi connectivity index (χ0) is 16.7. The number of para-hydroxylation sites is 2. The van der Waals surface area contributed by atoms with Crippen molar-refractivity contribution < 1.29 is 9.53 Å². The number of methoxy groups -OCH3 is 1. The Kier molecular flexibility index (Phi) is 5.98. The van der Waals surface area contributed by atoms with Crippen LogP contribution in [0.5, 0.6) is 5.75 Å². The molecule has 1 amide bonds. The summed E-state index contributed by atoms with van der Waals surface area (Å²) in [4.78, 5) is 12.2. The van der Waals surface area contributed by atoms with Crippen molar-refractivity contribution in [1.82, 2.24) is 0 Å². The zero-order valence-electron chi connectivity index (χ0n) is 13.9. The molecule has 0 radical (unpaired) electrons. The highest BCUT2D eigenvalue weighted by Gasteiger charge is 2.09. The van der Waals surface area contributed by atoms with Crippen LogP contribution >= 0.6 is 0 Å². The third-order valence-electron chi connectivity index (χ3n) is 3.92. The molecule has 2 aromatic rings. The molecule has 1 atom stereocenters. The average Bonchev–Trinajstić information content (AvgIpc) is 2.60. The highest BCUT2D eigenvalue weighted by Crippen LogP contribution is 2.26. The van der Waals surface area contributed by atoms with E-state index in [1.54, 1.807) is 13.2 Å². The number of benzene rings is 2. The number of carbonyl (C=O) groups is 1. The molecule has 0 saturated carbocycles. The van der Waals surface area contributed by atoms with Gasteiger partial charge in [0.25, 0.3) is 0 Å². The molecule has 23 heavy (non-hydrogen) atoms. The van der Waals surface area contributed by atoms with E-state index in [0.717, 1.165) is 29.0 Å². The highest BCUT2D eigenvalue weighted by atomic mass is 16.5. The minimum Gasteiger partial charge on any atom is -0.496 e. The molecule has 0 fully saturated rings. The van der Waals surface area contributed by atoms with Gasteiger partial charge in [0.2, 0.25) is 5.91 Å². The zero-order valence-corrected chi connectivity index (χ0v) is 13.9. The lowest BCUT2D eigenvalue weighted by Gasteiger charge is -2.14. The quantitative estimate of drug-likeness (QED) is 0.774. The number of carbonyl (C=O) groups excluding carboxylic acids is 1. The van der Waals surface area contributed by atoms with Crippen LogP contribution in [0.2, 0.25) is 0 Å². The van der Waals surface area contributed by atoms with Gasteiger partial charge >= 0.3 is 0 Å². The number of rotatable bonds is 6. The molecule has 0 spiro atoms. The lowest BCUT2D eigenvalue weighted by atomic mass is 9.97. The predicted molar refractivity (Wildman–Crippen MR) is 95.8 cm³/mol. The van der Waals surface area contributed by atoms with Gasteiger partial charge in [0.05, 0.1) is 7.11 Å². The second kappa shape index (κ2) is 8.18. The molecule has 3 heteroatoms. The SMILES string of the molecule is CC[C@H](C)c1ccccc1NC(=O)/C=C/c1ccccc1OC. The third-order valence-corrected chi connectivity index (χ3v) is 3.92. The molecule has 0 unspecified atom stereocenters. The van der Waals surface area contributed by atoms with Gasteiger partial charge in [0, 0.05) is 17.3 Å². The first-order valence-corrected chi connectivity index (χ1v) is 7.86. The number of nitrogens with one attached hydrogen (secondary N) is 1. The van der Waals surface area contributed by atoms with E-state index in [0.29, 0.717) is 5.92 Å². The Hall–Kier alpha value is -2.55. The van der Waals surface area contributed by atoms with Gasteiger partial charge in [0.15, 0.2) is 0 Å². The maximum atomic E-state index is 12.2. The fraction of sp³-hybridized carbons (Fsp3) is 0.250. The average molecular weight is 309 g/mol. The van der Waals surface area contributed by atoms with E-state index in [4.69, 9.17) is 4.74 Å². The molecule has 0 aromatic heterocycles. The Morgan fingerprint density at radius 2 is 1.87 bits per heavy atom. The van der Waals surface area contributed by atoms with E-state index in [9.17, 15) is 4.79 Å². The second-order valence-corrected chi connectivity index (χ2v) is 5.46. The summed E-state index contributed by atoms with van der Waals surface area (Å²) in [6.07, 6.45) is 4.33. The first-order chi connectivity index (χ1) is 11.2. The van der Waals surface area contributed by atoms with E-state index in [2.05, 4.69) is 25.2 Å². The number of anilines is 1. The molecule has 120 valence electrons. The Morgan fingerprint density at radius 3 is 2.61 bits per heavy atom. The van der Waals surface area contributed by atoms with Crippen molar-refractivity contribution >= 4 is 17.7 Å². The van der Waals surface area contributed by atoms with Crippen molar-refractivity contribution in [2.24, 2.45) is 0 Å². The standard InChI is InChI=1S/C20H23NO2/c1-4-15(2)17-10-6-7-11-18(17)21-20(22)14-13-16-9-5-8-12-19(16)23-3/h5-15H,4H2,1-3H3,(H,21,22)/b14-13+/t15-/m0/s1. The molecule has 0 heterocycles. The van der Waals surface area contributed by atoms with Crippen molar-refractivity contribution in [3.63, 3.8) is 0 Å². The second-order valence-electron chi connectivity index (χ2n) is 5.46. The van der Waals surface area contributed by atoms with Crippen molar-refractivity contribution in [3.05, 3.63) is 65.7 Å². The molecular formula is C20H23NO2. The normalized spacial score (nSPS) is 12.1. The van der Waals surface area contributed by atoms with Crippen LogP contribution in [-0.4, -0.2) is 13.0 Å². The Morgan fingerprint density at radius 1 is 1.17 bits per heavy atom. The van der Waals surface area contributed by atoms with Crippen molar-refractivity contribution in [3.8, 4) is 5.75 Å². The lowest BCUT2D eigenvalue weighted by Crippen LogP contribution is -2.10. The summed E-state index contributed by atoms with van der Waals surface area (Å²) in [5.41, 5.74) is 2.91. The Balaban J connectivity index is 2.13. The Bertz CT molecular complexity index is 692. The van der Waals surface area contributed by atoms with E-state index in [-0.39, 0.29) is 5.91 Å². The summed E-state index contributed by atoms with van der Waals surface area (Å²) in [7, 11) is 1.62. The fourth-order valence-corrected chi connectivity index (χ4v) is 2.40. The maximum absolute atomic E-state index is 12.2. The van der Waals surface area contributed by atoms with Gasteiger partial charge in [-0.3, -0.25) is 4.79 Å². The van der Waals surface area contributed by atoms with E-state index in [1.807, 2.05) is 42.5 Å². The summed E-state index contributed by atoms with van der Waals surface area (Å²) in [6, 6.07) is 15.5. The molecule has 0 aliphatic rings. The summed E-state index contributed by atoms with van der Waals surface area (Å²) in [5, 5.41) is 2.97. The predicted octanol–water partition coefficient (Wildman–Crippen LogP) is 4.86. The molecule has 2 aromatic carbocycles. The first-order valence-electron chi connectivity index (χ1n) is 7.86. The maximum Gasteiger partial charge on any atom is 0.248 e. The van der Waals surface area contributed by atoms with Gasteiger partial charge in [-0.2, -0.15) is 0 Å². The number of hydrogen-bond donors (Lipinski definition) is 1. The summed E-state index contributed by atoms with van der Waals surface area (Å²) in [6.45, 7) is 4.31. The van der Waals surface area contributed by atoms with Crippen LogP contribution in [0.25, 0.3) is 6.08 Å². The smallest absolute Gasteiger partial charge is 0.248 e. The van der Waals surface area contributed by atoms with E-state index in [1.165, 1.54) is 6.08 Å². The van der Waals surface area contributed by atoms with Crippen LogP contribution in [0.1, 0.15) is 37.3 Å². The van der Waals surface area contributed by atoms with Gasteiger partial charge in [-0.15, -0.1) is 0 Å². The van der Waals surface area contributed by atoms with Crippen LogP contribution < -0.4 is 10.1 Å². The molecule has 2 rings (SSSR count). The minimum atomic E-state index is -0.147. The van der Waals surface area contributed by atoms with E-state index >= 15 is 0 Å². The Labute approximate surface area is 138 Å². The number of ether oxygens (including phenoxy) is 1. The monoisotopic (exact) mass is 309 g/mol. The van der Waals surface area contributed by atoms with Crippen LogP contribution in [0.3, 0.4) is 0 Å². The van der Waals surface area contributed by atoms with Crippen molar-refractivity contribution in [2.75, 3.05) is 12.4 Å². The van der Waals surface area contributed by atoms with Crippen molar-refractivity contribution in [1.29, 1.82) is 0 Å². The van der Waals surface area contributed by atoms with Crippen LogP contribution in [0.4, 0.5) is 5.69 Å². The molecule has 0 bridgehead atoms. The van der Waals surface area contributed by atoms with E-state index < -0.39 is 0 Å². The van der Waals surface area contributed by atoms with Crippen LogP contribution in [-0.2, 0) is 4.79 Å². The van der Waals surface area contributed by atoms with Crippen LogP contribution in [0, 0.1) is 0 Å². The molecule has 0 saturated heterocycles. The molecule has 3 nitrogen and oxygen atoms in total. The molecular weight excluding hydrogens is 286 g/mol. The van der Waals surface area contributed by atoms with Gasteiger partial charge in [0.1, 0.15) is 5.75 Å². The molecule has 1 N–H and O–H groups in total. The molecule has 0 aliphatic heterocycles. The summed E-state index contributed by atoms with van der Waals surface area (Å²) < 4.78 is 5.28. The van der Waals surface area contributed by atoms with Gasteiger partial charge < -0.3 is 10.1 Å². The highest BCUT2D eigenvalue weighted by molar-refractivity contribution is 6.02. The lowest BCUT2D eigenvalue weighted by molar-refractivity contribution is -0.111. The topological polar surface area (TPSA) is 38.3 Å².